The molecular weight excluding hydrogens is 389 g/mol. The number of hydrogen-bond acceptors (Lipinski definition) is 6. The number of rotatable bonds is 5. The van der Waals surface area contributed by atoms with Gasteiger partial charge in [-0.2, -0.15) is 13.2 Å². The number of nitrogens with zero attached hydrogens (tertiary/aromatic N) is 1. The van der Waals surface area contributed by atoms with Crippen LogP contribution >= 0.6 is 11.3 Å². The standard InChI is InChI=1S/C16H13F3N2O5S/c1-8-5-11(9(2)27-8)15(23)26-7-14(22)20-13-4-3-10(21(24)25)6-12(13)16(17,18)19/h3-6H,7H2,1-2H3,(H,20,22). The van der Waals surface area contributed by atoms with Gasteiger partial charge in [0.1, 0.15) is 0 Å². The largest absolute Gasteiger partial charge is 0.452 e. The first-order valence-corrected chi connectivity index (χ1v) is 8.20. The summed E-state index contributed by atoms with van der Waals surface area (Å²) in [4.78, 5) is 35.0. The number of ether oxygens (including phenoxy) is 1. The minimum atomic E-state index is -4.92. The van der Waals surface area contributed by atoms with Crippen LogP contribution in [0, 0.1) is 24.0 Å². The van der Waals surface area contributed by atoms with Crippen LogP contribution in [-0.2, 0) is 15.7 Å². The summed E-state index contributed by atoms with van der Waals surface area (Å²) in [5.74, 6) is -1.78. The van der Waals surface area contributed by atoms with Gasteiger partial charge in [-0.1, -0.05) is 0 Å². The summed E-state index contributed by atoms with van der Waals surface area (Å²) in [5, 5.41) is 12.6. The van der Waals surface area contributed by atoms with Gasteiger partial charge in [0.15, 0.2) is 6.61 Å². The third kappa shape index (κ3) is 5.03. The van der Waals surface area contributed by atoms with Crippen molar-refractivity contribution in [1.29, 1.82) is 0 Å². The highest BCUT2D eigenvalue weighted by Gasteiger charge is 2.35. The maximum absolute atomic E-state index is 13.1. The van der Waals surface area contributed by atoms with Crippen molar-refractivity contribution < 1.29 is 32.4 Å². The number of benzene rings is 1. The molecule has 0 atom stereocenters. The number of anilines is 1. The van der Waals surface area contributed by atoms with E-state index in [9.17, 15) is 32.9 Å². The van der Waals surface area contributed by atoms with Crippen molar-refractivity contribution in [3.05, 3.63) is 55.3 Å². The summed E-state index contributed by atoms with van der Waals surface area (Å²) in [5.41, 5.74) is -2.54. The minimum Gasteiger partial charge on any atom is -0.452 e. The predicted octanol–water partition coefficient (Wildman–Crippen LogP) is 4.09. The first-order chi connectivity index (χ1) is 12.5. The number of nitrogens with one attached hydrogen (secondary N) is 1. The van der Waals surface area contributed by atoms with E-state index in [2.05, 4.69) is 0 Å². The van der Waals surface area contributed by atoms with E-state index < -0.39 is 46.5 Å². The Morgan fingerprint density at radius 1 is 1.26 bits per heavy atom. The van der Waals surface area contributed by atoms with Crippen LogP contribution in [0.3, 0.4) is 0 Å². The van der Waals surface area contributed by atoms with Crippen LogP contribution in [0.25, 0.3) is 0 Å². The Kier molecular flexibility index (Phi) is 5.84. The fraction of sp³-hybridized carbons (Fsp3) is 0.250. The molecule has 0 unspecified atom stereocenters. The summed E-state index contributed by atoms with van der Waals surface area (Å²) >= 11 is 1.36. The number of amides is 1. The van der Waals surface area contributed by atoms with Crippen molar-refractivity contribution in [2.24, 2.45) is 0 Å². The van der Waals surface area contributed by atoms with E-state index in [1.165, 1.54) is 11.3 Å². The number of carbonyl (C=O) groups excluding carboxylic acids is 2. The molecule has 0 radical (unpaired) electrons. The Morgan fingerprint density at radius 2 is 1.93 bits per heavy atom. The molecule has 2 aromatic rings. The summed E-state index contributed by atoms with van der Waals surface area (Å²) in [6.07, 6.45) is -4.92. The number of nitro groups is 1. The molecule has 0 spiro atoms. The maximum atomic E-state index is 13.1. The lowest BCUT2D eigenvalue weighted by molar-refractivity contribution is -0.385. The molecule has 2 rings (SSSR count). The maximum Gasteiger partial charge on any atom is 0.418 e. The Bertz CT molecular complexity index is 908. The average Bonchev–Trinajstić information content (AvgIpc) is 2.90. The Labute approximate surface area is 154 Å². The zero-order chi connectivity index (χ0) is 20.4. The van der Waals surface area contributed by atoms with Gasteiger partial charge in [-0.25, -0.2) is 4.79 Å². The van der Waals surface area contributed by atoms with Crippen LogP contribution in [0.2, 0.25) is 0 Å². The number of aryl methyl sites for hydroxylation is 2. The van der Waals surface area contributed by atoms with Gasteiger partial charge >= 0.3 is 12.1 Å². The predicted molar refractivity (Wildman–Crippen MR) is 90.8 cm³/mol. The van der Waals surface area contributed by atoms with E-state index in [-0.39, 0.29) is 5.56 Å². The van der Waals surface area contributed by atoms with Gasteiger partial charge in [-0.3, -0.25) is 14.9 Å². The third-order valence-electron chi connectivity index (χ3n) is 3.39. The average molecular weight is 402 g/mol. The van der Waals surface area contributed by atoms with Gasteiger partial charge in [-0.05, 0) is 26.0 Å². The van der Waals surface area contributed by atoms with Crippen molar-refractivity contribution in [2.75, 3.05) is 11.9 Å². The second-order valence-electron chi connectivity index (χ2n) is 5.44. The van der Waals surface area contributed by atoms with Crippen molar-refractivity contribution in [3.63, 3.8) is 0 Å². The molecule has 0 bridgehead atoms. The van der Waals surface area contributed by atoms with Crippen LogP contribution < -0.4 is 5.32 Å². The molecule has 27 heavy (non-hydrogen) atoms. The molecule has 1 aromatic carbocycles. The molecule has 0 aliphatic rings. The van der Waals surface area contributed by atoms with Gasteiger partial charge in [0.25, 0.3) is 11.6 Å². The Hall–Kier alpha value is -2.95. The topological polar surface area (TPSA) is 98.5 Å². The van der Waals surface area contributed by atoms with Crippen LogP contribution in [0.4, 0.5) is 24.5 Å². The zero-order valence-electron chi connectivity index (χ0n) is 14.0. The van der Waals surface area contributed by atoms with Crippen LogP contribution in [0.1, 0.15) is 25.7 Å². The normalized spacial score (nSPS) is 11.1. The zero-order valence-corrected chi connectivity index (χ0v) is 14.9. The molecule has 0 saturated carbocycles. The number of nitro benzene ring substituents is 1. The van der Waals surface area contributed by atoms with Gasteiger partial charge in [-0.15, -0.1) is 11.3 Å². The number of thiophene rings is 1. The number of non-ortho nitro benzene ring substituents is 1. The van der Waals surface area contributed by atoms with Crippen molar-refractivity contribution in [2.45, 2.75) is 20.0 Å². The molecular formula is C16H13F3N2O5S. The van der Waals surface area contributed by atoms with Crippen LogP contribution in [0.5, 0.6) is 0 Å². The highest BCUT2D eigenvalue weighted by atomic mass is 32.1. The SMILES string of the molecule is Cc1cc(C(=O)OCC(=O)Nc2ccc([N+](=O)[O-])cc2C(F)(F)F)c(C)s1. The first-order valence-electron chi connectivity index (χ1n) is 7.38. The number of carbonyl (C=O) groups is 2. The first kappa shape index (κ1) is 20.4. The fourth-order valence-corrected chi connectivity index (χ4v) is 3.13. The van der Waals surface area contributed by atoms with E-state index in [0.717, 1.165) is 17.0 Å². The third-order valence-corrected chi connectivity index (χ3v) is 4.35. The monoisotopic (exact) mass is 402 g/mol. The van der Waals surface area contributed by atoms with E-state index in [0.29, 0.717) is 10.9 Å². The van der Waals surface area contributed by atoms with E-state index in [1.54, 1.807) is 19.9 Å². The Morgan fingerprint density at radius 3 is 2.44 bits per heavy atom. The lowest BCUT2D eigenvalue weighted by atomic mass is 10.1. The van der Waals surface area contributed by atoms with Crippen molar-refractivity contribution >= 4 is 34.6 Å². The lowest BCUT2D eigenvalue weighted by Crippen LogP contribution is -2.23. The van der Waals surface area contributed by atoms with Crippen LogP contribution in [-0.4, -0.2) is 23.4 Å². The quantitative estimate of drug-likeness (QED) is 0.461. The highest BCUT2D eigenvalue weighted by Crippen LogP contribution is 2.37. The van der Waals surface area contributed by atoms with Crippen molar-refractivity contribution in [1.82, 2.24) is 0 Å². The molecule has 1 N–H and O–H groups in total. The number of hydrogen-bond donors (Lipinski definition) is 1. The molecule has 0 saturated heterocycles. The molecule has 0 fully saturated rings. The summed E-state index contributed by atoms with van der Waals surface area (Å²) in [6, 6.07) is 3.50. The second-order valence-corrected chi connectivity index (χ2v) is 6.90. The summed E-state index contributed by atoms with van der Waals surface area (Å²) in [7, 11) is 0. The summed E-state index contributed by atoms with van der Waals surface area (Å²) in [6.45, 7) is 2.68. The molecule has 1 heterocycles. The summed E-state index contributed by atoms with van der Waals surface area (Å²) < 4.78 is 44.0. The fourth-order valence-electron chi connectivity index (χ4n) is 2.22. The highest BCUT2D eigenvalue weighted by molar-refractivity contribution is 7.12. The Balaban J connectivity index is 2.10. The van der Waals surface area contributed by atoms with Crippen LogP contribution in [0.15, 0.2) is 24.3 Å². The molecule has 7 nitrogen and oxygen atoms in total. The molecule has 144 valence electrons. The lowest BCUT2D eigenvalue weighted by Gasteiger charge is -2.13. The van der Waals surface area contributed by atoms with Gasteiger partial charge < -0.3 is 10.1 Å². The van der Waals surface area contributed by atoms with Crippen molar-refractivity contribution in [3.8, 4) is 0 Å². The van der Waals surface area contributed by atoms with Gasteiger partial charge in [0, 0.05) is 21.9 Å². The number of esters is 1. The van der Waals surface area contributed by atoms with Gasteiger partial charge in [0.2, 0.25) is 0 Å². The molecule has 0 aliphatic heterocycles. The minimum absolute atomic E-state index is 0.275. The second kappa shape index (κ2) is 7.74. The van der Waals surface area contributed by atoms with E-state index in [4.69, 9.17) is 4.74 Å². The molecule has 1 amide bonds. The van der Waals surface area contributed by atoms with Gasteiger partial charge in [0.05, 0.1) is 21.7 Å². The number of halogens is 3. The molecule has 0 aliphatic carbocycles. The van der Waals surface area contributed by atoms with E-state index in [1.807, 2.05) is 5.32 Å². The van der Waals surface area contributed by atoms with E-state index >= 15 is 0 Å². The molecule has 1 aromatic heterocycles. The smallest absolute Gasteiger partial charge is 0.418 e. The molecule has 11 heteroatoms. The number of alkyl halides is 3.